The van der Waals surface area contributed by atoms with Gasteiger partial charge in [0.2, 0.25) is 0 Å². The van der Waals surface area contributed by atoms with Crippen LogP contribution in [0.25, 0.3) is 0 Å². The van der Waals surface area contributed by atoms with E-state index in [1.54, 1.807) is 6.07 Å². The van der Waals surface area contributed by atoms with Crippen LogP contribution in [0.1, 0.15) is 22.8 Å². The summed E-state index contributed by atoms with van der Waals surface area (Å²) in [7, 11) is 0. The molecule has 3 heteroatoms. The van der Waals surface area contributed by atoms with Gasteiger partial charge in [-0.25, -0.2) is 4.39 Å². The number of halogens is 2. The Kier molecular flexibility index (Phi) is 3.46. The maximum Gasteiger partial charge on any atom is 0.129 e. The molecule has 88 valence electrons. The van der Waals surface area contributed by atoms with E-state index >= 15 is 0 Å². The van der Waals surface area contributed by atoms with Crippen LogP contribution in [0.2, 0.25) is 5.02 Å². The third kappa shape index (κ3) is 2.48. The van der Waals surface area contributed by atoms with Crippen molar-refractivity contribution in [3.8, 4) is 0 Å². The molecule has 0 aromatic heterocycles. The molecule has 0 aliphatic carbocycles. The van der Waals surface area contributed by atoms with Gasteiger partial charge in [0.25, 0.3) is 0 Å². The molecule has 17 heavy (non-hydrogen) atoms. The zero-order valence-electron chi connectivity index (χ0n) is 9.32. The van der Waals surface area contributed by atoms with Crippen LogP contribution in [0.5, 0.6) is 0 Å². The third-order valence-corrected chi connectivity index (χ3v) is 2.97. The topological polar surface area (TPSA) is 20.2 Å². The molecular formula is C14H12ClFO. The van der Waals surface area contributed by atoms with Crippen LogP contribution in [0.15, 0.2) is 42.5 Å². The second-order valence-corrected chi connectivity index (χ2v) is 4.36. The molecule has 1 nitrogen and oxygen atoms in total. The smallest absolute Gasteiger partial charge is 0.129 e. The van der Waals surface area contributed by atoms with Gasteiger partial charge >= 0.3 is 0 Å². The van der Waals surface area contributed by atoms with Crippen LogP contribution in [0.3, 0.4) is 0 Å². The molecule has 0 aliphatic rings. The predicted octanol–water partition coefficient (Wildman–Crippen LogP) is 3.87. The first kappa shape index (κ1) is 12.1. The van der Waals surface area contributed by atoms with Crippen molar-refractivity contribution in [1.29, 1.82) is 0 Å². The fourth-order valence-electron chi connectivity index (χ4n) is 1.79. The largest absolute Gasteiger partial charge is 0.384 e. The van der Waals surface area contributed by atoms with E-state index in [0.29, 0.717) is 10.6 Å². The Morgan fingerprint density at radius 3 is 2.53 bits per heavy atom. The van der Waals surface area contributed by atoms with Crippen molar-refractivity contribution in [1.82, 2.24) is 0 Å². The lowest BCUT2D eigenvalue weighted by Crippen LogP contribution is -2.04. The van der Waals surface area contributed by atoms with E-state index in [1.165, 1.54) is 18.2 Å². The lowest BCUT2D eigenvalue weighted by molar-refractivity contribution is 0.214. The maximum absolute atomic E-state index is 13.6. The molecule has 0 amide bonds. The molecule has 2 aromatic rings. The van der Waals surface area contributed by atoms with Crippen LogP contribution in [-0.4, -0.2) is 5.11 Å². The molecule has 0 saturated heterocycles. The number of rotatable bonds is 2. The van der Waals surface area contributed by atoms with E-state index in [0.717, 1.165) is 5.56 Å². The first-order chi connectivity index (χ1) is 8.09. The highest BCUT2D eigenvalue weighted by molar-refractivity contribution is 6.30. The van der Waals surface area contributed by atoms with Gasteiger partial charge in [0.15, 0.2) is 0 Å². The SMILES string of the molecule is Cc1ccccc1C(O)c1cc(Cl)ccc1F. The highest BCUT2D eigenvalue weighted by atomic mass is 35.5. The molecule has 0 spiro atoms. The fourth-order valence-corrected chi connectivity index (χ4v) is 1.97. The second kappa shape index (κ2) is 4.86. The minimum Gasteiger partial charge on any atom is -0.384 e. The zero-order valence-corrected chi connectivity index (χ0v) is 10.1. The lowest BCUT2D eigenvalue weighted by Gasteiger charge is -2.15. The number of hydrogen-bond acceptors (Lipinski definition) is 1. The van der Waals surface area contributed by atoms with E-state index in [2.05, 4.69) is 0 Å². The summed E-state index contributed by atoms with van der Waals surface area (Å²) in [6, 6.07) is 11.5. The van der Waals surface area contributed by atoms with Crippen molar-refractivity contribution in [3.05, 3.63) is 70.0 Å². The molecule has 0 bridgehead atoms. The maximum atomic E-state index is 13.6. The average Bonchev–Trinajstić information content (AvgIpc) is 2.32. The summed E-state index contributed by atoms with van der Waals surface area (Å²) in [6.07, 6.45) is -0.991. The lowest BCUT2D eigenvalue weighted by atomic mass is 9.97. The van der Waals surface area contributed by atoms with Gasteiger partial charge < -0.3 is 5.11 Å². The van der Waals surface area contributed by atoms with Crippen LogP contribution in [0.4, 0.5) is 4.39 Å². The molecule has 1 atom stereocenters. The second-order valence-electron chi connectivity index (χ2n) is 3.92. The van der Waals surface area contributed by atoms with Gasteiger partial charge in [0.1, 0.15) is 11.9 Å². The van der Waals surface area contributed by atoms with Crippen molar-refractivity contribution in [2.45, 2.75) is 13.0 Å². The Morgan fingerprint density at radius 2 is 1.82 bits per heavy atom. The van der Waals surface area contributed by atoms with Gasteiger partial charge in [-0.3, -0.25) is 0 Å². The standard InChI is InChI=1S/C14H12ClFO/c1-9-4-2-3-5-11(9)14(17)12-8-10(15)6-7-13(12)16/h2-8,14,17H,1H3. The molecule has 0 fully saturated rings. The molecule has 2 rings (SSSR count). The van der Waals surface area contributed by atoms with Crippen molar-refractivity contribution in [2.75, 3.05) is 0 Å². The van der Waals surface area contributed by atoms with Gasteiger partial charge in [-0.05, 0) is 36.2 Å². The summed E-state index contributed by atoms with van der Waals surface area (Å²) in [4.78, 5) is 0. The normalized spacial score (nSPS) is 12.5. The van der Waals surface area contributed by atoms with Crippen molar-refractivity contribution in [2.24, 2.45) is 0 Å². The first-order valence-corrected chi connectivity index (χ1v) is 5.66. The summed E-state index contributed by atoms with van der Waals surface area (Å²) in [5.74, 6) is -0.454. The molecule has 0 aliphatic heterocycles. The minimum atomic E-state index is -0.991. The molecule has 1 N–H and O–H groups in total. The Labute approximate surface area is 104 Å². The van der Waals surface area contributed by atoms with E-state index < -0.39 is 11.9 Å². The summed E-state index contributed by atoms with van der Waals surface area (Å²) in [6.45, 7) is 1.88. The molecular weight excluding hydrogens is 239 g/mol. The summed E-state index contributed by atoms with van der Waals surface area (Å²) >= 11 is 5.81. The summed E-state index contributed by atoms with van der Waals surface area (Å²) in [5, 5.41) is 10.6. The highest BCUT2D eigenvalue weighted by Gasteiger charge is 2.16. The molecule has 0 radical (unpaired) electrons. The molecule has 2 aromatic carbocycles. The quantitative estimate of drug-likeness (QED) is 0.858. The fraction of sp³-hybridized carbons (Fsp3) is 0.143. The van der Waals surface area contributed by atoms with Crippen LogP contribution < -0.4 is 0 Å². The van der Waals surface area contributed by atoms with Crippen molar-refractivity contribution < 1.29 is 9.50 Å². The van der Waals surface area contributed by atoms with E-state index in [9.17, 15) is 9.50 Å². The monoisotopic (exact) mass is 250 g/mol. The van der Waals surface area contributed by atoms with Crippen LogP contribution >= 0.6 is 11.6 Å². The van der Waals surface area contributed by atoms with Gasteiger partial charge in [-0.2, -0.15) is 0 Å². The Bertz CT molecular complexity index is 539. The van der Waals surface area contributed by atoms with Crippen molar-refractivity contribution >= 4 is 11.6 Å². The molecule has 0 heterocycles. The Morgan fingerprint density at radius 1 is 1.12 bits per heavy atom. The van der Waals surface area contributed by atoms with Gasteiger partial charge in [-0.1, -0.05) is 35.9 Å². The van der Waals surface area contributed by atoms with Crippen LogP contribution in [0, 0.1) is 12.7 Å². The molecule has 0 saturated carbocycles. The summed E-state index contributed by atoms with van der Waals surface area (Å²) in [5.41, 5.74) is 1.81. The number of benzene rings is 2. The van der Waals surface area contributed by atoms with E-state index in [-0.39, 0.29) is 5.56 Å². The Balaban J connectivity index is 2.47. The number of aliphatic hydroxyl groups is 1. The van der Waals surface area contributed by atoms with E-state index in [4.69, 9.17) is 11.6 Å². The summed E-state index contributed by atoms with van der Waals surface area (Å²) < 4.78 is 13.6. The first-order valence-electron chi connectivity index (χ1n) is 5.28. The van der Waals surface area contributed by atoms with Gasteiger partial charge in [-0.15, -0.1) is 0 Å². The average molecular weight is 251 g/mol. The molecule has 1 unspecified atom stereocenters. The minimum absolute atomic E-state index is 0.201. The van der Waals surface area contributed by atoms with E-state index in [1.807, 2.05) is 25.1 Å². The number of aryl methyl sites for hydroxylation is 1. The zero-order chi connectivity index (χ0) is 12.4. The van der Waals surface area contributed by atoms with Crippen molar-refractivity contribution in [3.63, 3.8) is 0 Å². The Hall–Kier alpha value is -1.38. The number of hydrogen-bond donors (Lipinski definition) is 1. The van der Waals surface area contributed by atoms with Gasteiger partial charge in [0.05, 0.1) is 0 Å². The van der Waals surface area contributed by atoms with Crippen LogP contribution in [-0.2, 0) is 0 Å². The third-order valence-electron chi connectivity index (χ3n) is 2.74. The number of aliphatic hydroxyl groups excluding tert-OH is 1. The highest BCUT2D eigenvalue weighted by Crippen LogP contribution is 2.28. The van der Waals surface area contributed by atoms with Gasteiger partial charge in [0, 0.05) is 10.6 Å². The predicted molar refractivity (Wildman–Crippen MR) is 66.7 cm³/mol.